The van der Waals surface area contributed by atoms with Crippen LogP contribution in [0.1, 0.15) is 11.1 Å². The molecule has 90 valence electrons. The number of hydrogen-bond donors (Lipinski definition) is 1. The molecule has 3 rings (SSSR count). The van der Waals surface area contributed by atoms with Crippen LogP contribution in [0.4, 0.5) is 0 Å². The van der Waals surface area contributed by atoms with Crippen molar-refractivity contribution in [3.05, 3.63) is 65.9 Å². The van der Waals surface area contributed by atoms with Crippen LogP contribution in [0.3, 0.4) is 0 Å². The molecule has 0 unspecified atom stereocenters. The van der Waals surface area contributed by atoms with Gasteiger partial charge < -0.3 is 9.72 Å². The maximum absolute atomic E-state index is 5.28. The van der Waals surface area contributed by atoms with Crippen molar-refractivity contribution in [3.8, 4) is 5.75 Å². The summed E-state index contributed by atoms with van der Waals surface area (Å²) in [6.07, 6.45) is 3.02. The third-order valence-corrected chi connectivity index (χ3v) is 3.21. The van der Waals surface area contributed by atoms with Crippen LogP contribution in [0.5, 0.6) is 5.75 Å². The van der Waals surface area contributed by atoms with Crippen LogP contribution in [0.2, 0.25) is 0 Å². The van der Waals surface area contributed by atoms with E-state index in [4.69, 9.17) is 4.74 Å². The van der Waals surface area contributed by atoms with Crippen molar-refractivity contribution in [2.24, 2.45) is 0 Å². The van der Waals surface area contributed by atoms with Gasteiger partial charge in [0.2, 0.25) is 0 Å². The van der Waals surface area contributed by atoms with Gasteiger partial charge in [-0.1, -0.05) is 30.3 Å². The number of hydrogen-bond acceptors (Lipinski definition) is 1. The Morgan fingerprint density at radius 1 is 1.06 bits per heavy atom. The molecule has 0 aliphatic heterocycles. The van der Waals surface area contributed by atoms with E-state index >= 15 is 0 Å². The van der Waals surface area contributed by atoms with Gasteiger partial charge in [0.1, 0.15) is 5.75 Å². The second kappa shape index (κ2) is 4.57. The summed E-state index contributed by atoms with van der Waals surface area (Å²) in [4.78, 5) is 3.30. The van der Waals surface area contributed by atoms with Crippen molar-refractivity contribution in [1.82, 2.24) is 4.98 Å². The fourth-order valence-electron chi connectivity index (χ4n) is 2.25. The number of aromatic nitrogens is 1. The van der Waals surface area contributed by atoms with E-state index in [0.717, 1.165) is 17.7 Å². The van der Waals surface area contributed by atoms with Gasteiger partial charge in [0.15, 0.2) is 0 Å². The summed E-state index contributed by atoms with van der Waals surface area (Å²) in [6, 6.07) is 16.6. The quantitative estimate of drug-likeness (QED) is 0.737. The fourth-order valence-corrected chi connectivity index (χ4v) is 2.25. The molecule has 0 spiro atoms. The summed E-state index contributed by atoms with van der Waals surface area (Å²) < 4.78 is 5.28. The molecule has 0 aliphatic carbocycles. The number of H-pyrrole nitrogens is 1. The molecule has 1 N–H and O–H groups in total. The summed E-state index contributed by atoms with van der Waals surface area (Å²) in [5.74, 6) is 0.899. The van der Waals surface area contributed by atoms with Gasteiger partial charge >= 0.3 is 0 Å². The smallest absolute Gasteiger partial charge is 0.119 e. The van der Waals surface area contributed by atoms with Crippen LogP contribution in [0.15, 0.2) is 54.7 Å². The lowest BCUT2D eigenvalue weighted by atomic mass is 10.0. The second-order valence-electron chi connectivity index (χ2n) is 4.39. The molecule has 1 heterocycles. The van der Waals surface area contributed by atoms with Crippen LogP contribution in [-0.4, -0.2) is 12.1 Å². The molecule has 0 amide bonds. The molecule has 2 aromatic carbocycles. The number of ether oxygens (including phenoxy) is 1. The Morgan fingerprint density at radius 3 is 2.67 bits per heavy atom. The van der Waals surface area contributed by atoms with Gasteiger partial charge in [0, 0.05) is 17.1 Å². The molecule has 0 saturated carbocycles. The molecule has 0 radical (unpaired) electrons. The summed E-state index contributed by atoms with van der Waals surface area (Å²) in [5, 5.41) is 1.23. The lowest BCUT2D eigenvalue weighted by Crippen LogP contribution is -1.86. The van der Waals surface area contributed by atoms with Gasteiger partial charge in [-0.15, -0.1) is 0 Å². The van der Waals surface area contributed by atoms with Gasteiger partial charge in [-0.2, -0.15) is 0 Å². The molecule has 0 atom stereocenters. The van der Waals surface area contributed by atoms with Crippen LogP contribution in [0, 0.1) is 0 Å². The van der Waals surface area contributed by atoms with Crippen LogP contribution < -0.4 is 4.74 Å². The monoisotopic (exact) mass is 237 g/mol. The van der Waals surface area contributed by atoms with E-state index in [9.17, 15) is 0 Å². The van der Waals surface area contributed by atoms with E-state index in [0.29, 0.717) is 0 Å². The highest BCUT2D eigenvalue weighted by Gasteiger charge is 2.05. The molecule has 0 saturated heterocycles. The van der Waals surface area contributed by atoms with E-state index in [2.05, 4.69) is 47.6 Å². The molecular formula is C16H15NO. The number of nitrogens with one attached hydrogen (secondary N) is 1. The SMILES string of the molecule is COc1ccc2[nH]cc(Cc3ccccc3)c2c1. The summed E-state index contributed by atoms with van der Waals surface area (Å²) in [5.41, 5.74) is 3.78. The average molecular weight is 237 g/mol. The highest BCUT2D eigenvalue weighted by molar-refractivity contribution is 5.84. The largest absolute Gasteiger partial charge is 0.497 e. The molecule has 2 heteroatoms. The van der Waals surface area contributed by atoms with E-state index in [1.54, 1.807) is 7.11 Å². The highest BCUT2D eigenvalue weighted by atomic mass is 16.5. The predicted octanol–water partition coefficient (Wildman–Crippen LogP) is 3.77. The molecule has 0 bridgehead atoms. The van der Waals surface area contributed by atoms with Crippen molar-refractivity contribution in [2.45, 2.75) is 6.42 Å². The zero-order valence-electron chi connectivity index (χ0n) is 10.3. The minimum atomic E-state index is 0.899. The van der Waals surface area contributed by atoms with Crippen molar-refractivity contribution >= 4 is 10.9 Å². The first kappa shape index (κ1) is 10.9. The molecule has 1 aromatic heterocycles. The van der Waals surface area contributed by atoms with Crippen LogP contribution in [0.25, 0.3) is 10.9 Å². The van der Waals surface area contributed by atoms with E-state index in [-0.39, 0.29) is 0 Å². The fraction of sp³-hybridized carbons (Fsp3) is 0.125. The van der Waals surface area contributed by atoms with Crippen molar-refractivity contribution in [2.75, 3.05) is 7.11 Å². The van der Waals surface area contributed by atoms with E-state index < -0.39 is 0 Å². The number of aromatic amines is 1. The van der Waals surface area contributed by atoms with Gasteiger partial charge in [-0.25, -0.2) is 0 Å². The first-order valence-corrected chi connectivity index (χ1v) is 6.05. The number of methoxy groups -OCH3 is 1. The lowest BCUT2D eigenvalue weighted by Gasteiger charge is -2.02. The normalized spacial score (nSPS) is 10.7. The molecule has 3 aromatic rings. The van der Waals surface area contributed by atoms with E-state index in [1.165, 1.54) is 16.5 Å². The third-order valence-electron chi connectivity index (χ3n) is 3.21. The highest BCUT2D eigenvalue weighted by Crippen LogP contribution is 2.25. The Morgan fingerprint density at radius 2 is 1.89 bits per heavy atom. The Balaban J connectivity index is 2.01. The van der Waals surface area contributed by atoms with Crippen LogP contribution in [-0.2, 0) is 6.42 Å². The summed E-state index contributed by atoms with van der Waals surface area (Å²) >= 11 is 0. The van der Waals surface area contributed by atoms with Gasteiger partial charge in [-0.05, 0) is 35.7 Å². The van der Waals surface area contributed by atoms with Crippen molar-refractivity contribution < 1.29 is 4.74 Å². The number of fused-ring (bicyclic) bond motifs is 1. The zero-order valence-corrected chi connectivity index (χ0v) is 10.3. The second-order valence-corrected chi connectivity index (χ2v) is 4.39. The van der Waals surface area contributed by atoms with Gasteiger partial charge in [0.05, 0.1) is 7.11 Å². The molecule has 0 aliphatic rings. The Kier molecular flexibility index (Phi) is 2.77. The molecule has 0 fully saturated rings. The Bertz CT molecular complexity index is 655. The third kappa shape index (κ3) is 1.97. The van der Waals surface area contributed by atoms with Gasteiger partial charge in [-0.3, -0.25) is 0 Å². The van der Waals surface area contributed by atoms with Crippen molar-refractivity contribution in [3.63, 3.8) is 0 Å². The maximum atomic E-state index is 5.28. The number of benzene rings is 2. The minimum absolute atomic E-state index is 0.899. The first-order valence-electron chi connectivity index (χ1n) is 6.05. The topological polar surface area (TPSA) is 25.0 Å². The number of rotatable bonds is 3. The summed E-state index contributed by atoms with van der Waals surface area (Å²) in [6.45, 7) is 0. The average Bonchev–Trinajstić information content (AvgIpc) is 2.82. The molecule has 18 heavy (non-hydrogen) atoms. The molecule has 2 nitrogen and oxygen atoms in total. The minimum Gasteiger partial charge on any atom is -0.497 e. The van der Waals surface area contributed by atoms with E-state index in [1.807, 2.05) is 12.1 Å². The Hall–Kier alpha value is -2.22. The van der Waals surface area contributed by atoms with Crippen molar-refractivity contribution in [1.29, 1.82) is 0 Å². The summed E-state index contributed by atoms with van der Waals surface area (Å²) in [7, 11) is 1.70. The Labute approximate surface area is 106 Å². The maximum Gasteiger partial charge on any atom is 0.119 e. The first-order chi connectivity index (χ1) is 8.86. The molecular weight excluding hydrogens is 222 g/mol. The predicted molar refractivity (Wildman–Crippen MR) is 74.1 cm³/mol. The zero-order chi connectivity index (χ0) is 12.4. The van der Waals surface area contributed by atoms with Crippen LogP contribution >= 0.6 is 0 Å². The lowest BCUT2D eigenvalue weighted by molar-refractivity contribution is 0.415. The standard InChI is InChI=1S/C16H15NO/c1-18-14-7-8-16-15(10-14)13(11-17-16)9-12-5-3-2-4-6-12/h2-8,10-11,17H,9H2,1H3. The van der Waals surface area contributed by atoms with Gasteiger partial charge in [0.25, 0.3) is 0 Å².